The van der Waals surface area contributed by atoms with Crippen LogP contribution < -0.4 is 5.32 Å². The zero-order valence-electron chi connectivity index (χ0n) is 11.7. The molecule has 2 nitrogen and oxygen atoms in total. The van der Waals surface area contributed by atoms with E-state index in [4.69, 9.17) is 0 Å². The van der Waals surface area contributed by atoms with Crippen molar-refractivity contribution in [3.05, 3.63) is 51.2 Å². The summed E-state index contributed by atoms with van der Waals surface area (Å²) in [4.78, 5) is 4.53. The normalized spacial score (nSPS) is 12.9. The number of nitrogens with one attached hydrogen (secondary N) is 1. The van der Waals surface area contributed by atoms with Gasteiger partial charge in [0.15, 0.2) is 0 Å². The van der Waals surface area contributed by atoms with Crippen LogP contribution in [-0.4, -0.2) is 11.0 Å². The fourth-order valence-corrected chi connectivity index (χ4v) is 2.82. The number of hydrogen-bond donors (Lipinski definition) is 1. The largest absolute Gasteiger partial charge is 0.302 e. The smallest absolute Gasteiger partial charge is 0.126 e. The van der Waals surface area contributed by atoms with Gasteiger partial charge in [-0.15, -0.1) is 11.3 Å². The molecule has 2 rings (SSSR count). The third-order valence-corrected chi connectivity index (χ3v) is 3.94. The highest BCUT2D eigenvalue weighted by Crippen LogP contribution is 2.26. The number of thiazole rings is 1. The molecule has 0 bridgehead atoms. The van der Waals surface area contributed by atoms with E-state index in [0.717, 1.165) is 16.3 Å². The number of hydrogen-bond acceptors (Lipinski definition) is 3. The van der Waals surface area contributed by atoms with Crippen molar-refractivity contribution in [1.82, 2.24) is 10.3 Å². The fourth-order valence-electron chi connectivity index (χ4n) is 1.94. The van der Waals surface area contributed by atoms with Crippen molar-refractivity contribution in [2.24, 2.45) is 0 Å². The highest BCUT2D eigenvalue weighted by Gasteiger charge is 2.19. The Morgan fingerprint density at radius 1 is 1.26 bits per heavy atom. The molecule has 0 aliphatic heterocycles. The lowest BCUT2D eigenvalue weighted by Crippen LogP contribution is -2.29. The first-order valence-electron chi connectivity index (χ1n) is 6.41. The van der Waals surface area contributed by atoms with Gasteiger partial charge >= 0.3 is 0 Å². The van der Waals surface area contributed by atoms with Gasteiger partial charge < -0.3 is 5.32 Å². The van der Waals surface area contributed by atoms with E-state index in [2.05, 4.69) is 24.1 Å². The van der Waals surface area contributed by atoms with E-state index in [1.165, 1.54) is 0 Å². The predicted molar refractivity (Wildman–Crippen MR) is 78.1 cm³/mol. The summed E-state index contributed by atoms with van der Waals surface area (Å²) in [5.74, 6) is -0.165. The average molecular weight is 278 g/mol. The molecule has 1 N–H and O–H groups in total. The van der Waals surface area contributed by atoms with Gasteiger partial charge in [0, 0.05) is 17.1 Å². The molecule has 0 aliphatic rings. The predicted octanol–water partition coefficient (Wildman–Crippen LogP) is 3.99. The molecular weight excluding hydrogens is 259 g/mol. The van der Waals surface area contributed by atoms with Crippen molar-refractivity contribution in [3.63, 3.8) is 0 Å². The summed E-state index contributed by atoms with van der Waals surface area (Å²) in [5.41, 5.74) is 2.59. The van der Waals surface area contributed by atoms with Crippen LogP contribution >= 0.6 is 11.3 Å². The summed E-state index contributed by atoms with van der Waals surface area (Å²) >= 11 is 1.61. The highest BCUT2D eigenvalue weighted by atomic mass is 32.1. The molecule has 2 aromatic rings. The average Bonchev–Trinajstić information content (AvgIpc) is 2.76. The minimum Gasteiger partial charge on any atom is -0.302 e. The van der Waals surface area contributed by atoms with Crippen LogP contribution in [0.1, 0.15) is 41.7 Å². The van der Waals surface area contributed by atoms with Crippen LogP contribution in [0.3, 0.4) is 0 Å². The van der Waals surface area contributed by atoms with E-state index in [9.17, 15) is 4.39 Å². The second-order valence-corrected chi connectivity index (χ2v) is 5.98. The Morgan fingerprint density at radius 3 is 2.53 bits per heavy atom. The lowest BCUT2D eigenvalue weighted by atomic mass is 10.0. The van der Waals surface area contributed by atoms with Crippen LogP contribution in [0.5, 0.6) is 0 Å². The molecule has 0 radical (unpaired) electrons. The molecule has 0 fully saturated rings. The molecule has 0 spiro atoms. The van der Waals surface area contributed by atoms with Crippen molar-refractivity contribution >= 4 is 11.3 Å². The van der Waals surface area contributed by atoms with Gasteiger partial charge in [0.1, 0.15) is 10.8 Å². The van der Waals surface area contributed by atoms with Gasteiger partial charge in [-0.3, -0.25) is 0 Å². The third-order valence-electron chi connectivity index (χ3n) is 2.91. The molecule has 1 heterocycles. The molecule has 0 saturated heterocycles. The van der Waals surface area contributed by atoms with Crippen molar-refractivity contribution in [2.45, 2.75) is 39.8 Å². The van der Waals surface area contributed by atoms with Gasteiger partial charge in [0.2, 0.25) is 0 Å². The second-order valence-electron chi connectivity index (χ2n) is 5.09. The first kappa shape index (κ1) is 14.2. The molecule has 0 aliphatic carbocycles. The van der Waals surface area contributed by atoms with Crippen molar-refractivity contribution in [1.29, 1.82) is 0 Å². The third kappa shape index (κ3) is 3.39. The van der Waals surface area contributed by atoms with Gasteiger partial charge in [-0.1, -0.05) is 12.1 Å². The van der Waals surface area contributed by atoms with Gasteiger partial charge in [-0.2, -0.15) is 0 Å². The Hall–Kier alpha value is -1.26. The Kier molecular flexibility index (Phi) is 4.32. The summed E-state index contributed by atoms with van der Waals surface area (Å²) < 4.78 is 13.8. The maximum absolute atomic E-state index is 13.8. The lowest BCUT2D eigenvalue weighted by molar-refractivity contribution is 0.522. The van der Waals surface area contributed by atoms with Crippen LogP contribution in [0, 0.1) is 19.7 Å². The Bertz CT molecular complexity index is 563. The van der Waals surface area contributed by atoms with E-state index < -0.39 is 0 Å². The van der Waals surface area contributed by atoms with Crippen LogP contribution in [0.15, 0.2) is 23.6 Å². The van der Waals surface area contributed by atoms with E-state index in [1.807, 2.05) is 24.4 Å². The van der Waals surface area contributed by atoms with Gasteiger partial charge in [-0.05, 0) is 44.9 Å². The number of nitrogens with zero attached hydrogens (tertiary/aromatic N) is 1. The van der Waals surface area contributed by atoms with E-state index in [1.54, 1.807) is 24.3 Å². The molecule has 4 heteroatoms. The van der Waals surface area contributed by atoms with E-state index in [0.29, 0.717) is 11.6 Å². The highest BCUT2D eigenvalue weighted by molar-refractivity contribution is 7.09. The molecule has 19 heavy (non-hydrogen) atoms. The lowest BCUT2D eigenvalue weighted by Gasteiger charge is -2.20. The summed E-state index contributed by atoms with van der Waals surface area (Å²) in [5, 5.41) is 6.46. The monoisotopic (exact) mass is 278 g/mol. The minimum atomic E-state index is -0.165. The molecular formula is C15H19FN2S. The second kappa shape index (κ2) is 5.80. The molecule has 1 aromatic carbocycles. The molecule has 0 saturated carbocycles. The summed E-state index contributed by atoms with van der Waals surface area (Å²) in [6, 6.07) is 5.65. The SMILES string of the molecule is Cc1csc(C(NC(C)C)c2ccc(C)c(F)c2)n1. The summed E-state index contributed by atoms with van der Waals surface area (Å²) in [7, 11) is 0. The fraction of sp³-hybridized carbons (Fsp3) is 0.400. The summed E-state index contributed by atoms with van der Waals surface area (Å²) in [6.07, 6.45) is 0. The van der Waals surface area contributed by atoms with Crippen molar-refractivity contribution in [2.75, 3.05) is 0 Å². The topological polar surface area (TPSA) is 24.9 Å². The Labute approximate surface area is 117 Å². The number of benzene rings is 1. The van der Waals surface area contributed by atoms with Crippen LogP contribution in [0.25, 0.3) is 0 Å². The maximum Gasteiger partial charge on any atom is 0.126 e. The number of halogens is 1. The van der Waals surface area contributed by atoms with E-state index >= 15 is 0 Å². The molecule has 0 amide bonds. The number of aromatic nitrogens is 1. The van der Waals surface area contributed by atoms with Crippen LogP contribution in [0.2, 0.25) is 0 Å². The molecule has 1 atom stereocenters. The molecule has 102 valence electrons. The Balaban J connectivity index is 2.39. The molecule has 1 aromatic heterocycles. The Morgan fingerprint density at radius 2 is 2.00 bits per heavy atom. The van der Waals surface area contributed by atoms with E-state index in [-0.39, 0.29) is 11.9 Å². The number of rotatable bonds is 4. The standard InChI is InChI=1S/C15H19FN2S/c1-9(2)17-14(15-18-11(4)8-19-15)12-6-5-10(3)13(16)7-12/h5-9,14,17H,1-4H3. The van der Waals surface area contributed by atoms with Crippen molar-refractivity contribution in [3.8, 4) is 0 Å². The summed E-state index contributed by atoms with van der Waals surface area (Å²) in [6.45, 7) is 7.91. The van der Waals surface area contributed by atoms with Gasteiger partial charge in [-0.25, -0.2) is 9.37 Å². The van der Waals surface area contributed by atoms with Crippen molar-refractivity contribution < 1.29 is 4.39 Å². The number of aryl methyl sites for hydroxylation is 2. The van der Waals surface area contributed by atoms with Crippen LogP contribution in [-0.2, 0) is 0 Å². The quantitative estimate of drug-likeness (QED) is 0.915. The first-order valence-corrected chi connectivity index (χ1v) is 7.29. The van der Waals surface area contributed by atoms with Crippen LogP contribution in [0.4, 0.5) is 4.39 Å². The minimum absolute atomic E-state index is 0.0474. The maximum atomic E-state index is 13.8. The zero-order valence-corrected chi connectivity index (χ0v) is 12.5. The van der Waals surface area contributed by atoms with Gasteiger partial charge in [0.05, 0.1) is 6.04 Å². The zero-order chi connectivity index (χ0) is 14.0. The van der Waals surface area contributed by atoms with Gasteiger partial charge in [0.25, 0.3) is 0 Å². The first-order chi connectivity index (χ1) is 8.97. The molecule has 1 unspecified atom stereocenters.